The van der Waals surface area contributed by atoms with E-state index in [1.165, 1.54) is 11.2 Å². The van der Waals surface area contributed by atoms with Crippen molar-refractivity contribution in [2.75, 3.05) is 6.54 Å². The number of aromatic amines is 1. The number of nitrogens with zero attached hydrogens (tertiary/aromatic N) is 3. The lowest BCUT2D eigenvalue weighted by Crippen LogP contribution is -2.39. The molecule has 0 unspecified atom stereocenters. The number of carbonyl (C=O) groups is 1. The van der Waals surface area contributed by atoms with E-state index in [2.05, 4.69) is 15.2 Å². The number of hydrogen-bond donors (Lipinski definition) is 1. The third-order valence-corrected chi connectivity index (χ3v) is 3.78. The molecular formula is C14H13F3N4O. The number of aromatic nitrogens is 3. The summed E-state index contributed by atoms with van der Waals surface area (Å²) in [5.74, 6) is -4.61. The van der Waals surface area contributed by atoms with Crippen LogP contribution in [0.5, 0.6) is 0 Å². The zero-order valence-corrected chi connectivity index (χ0v) is 11.5. The average molecular weight is 310 g/mol. The van der Waals surface area contributed by atoms with Gasteiger partial charge in [0.15, 0.2) is 17.5 Å². The van der Waals surface area contributed by atoms with Crippen molar-refractivity contribution in [2.24, 2.45) is 0 Å². The molecule has 1 aliphatic rings. The van der Waals surface area contributed by atoms with E-state index >= 15 is 0 Å². The number of benzene rings is 1. The van der Waals surface area contributed by atoms with Gasteiger partial charge in [-0.2, -0.15) is 5.10 Å². The molecule has 0 saturated carbocycles. The quantitative estimate of drug-likeness (QED) is 0.867. The molecule has 1 aromatic carbocycles. The van der Waals surface area contributed by atoms with Crippen molar-refractivity contribution in [3.8, 4) is 0 Å². The molecule has 1 N–H and O–H groups in total. The van der Waals surface area contributed by atoms with E-state index in [0.717, 1.165) is 25.0 Å². The van der Waals surface area contributed by atoms with Crippen LogP contribution >= 0.6 is 0 Å². The van der Waals surface area contributed by atoms with E-state index in [0.29, 0.717) is 18.8 Å². The monoisotopic (exact) mass is 310 g/mol. The molecule has 0 bridgehead atoms. The minimum Gasteiger partial charge on any atom is -0.328 e. The number of hydrogen-bond acceptors (Lipinski definition) is 3. The number of likely N-dealkylation sites (tertiary alicyclic amines) is 1. The average Bonchev–Trinajstić information content (AvgIpc) is 3.06. The summed E-state index contributed by atoms with van der Waals surface area (Å²) >= 11 is 0. The fraction of sp³-hybridized carbons (Fsp3) is 0.357. The molecule has 2 heterocycles. The number of amides is 1. The molecule has 5 nitrogen and oxygen atoms in total. The van der Waals surface area contributed by atoms with Gasteiger partial charge in [0.05, 0.1) is 11.6 Å². The first-order valence-corrected chi connectivity index (χ1v) is 6.89. The van der Waals surface area contributed by atoms with Gasteiger partial charge in [-0.25, -0.2) is 18.2 Å². The Balaban J connectivity index is 1.94. The smallest absolute Gasteiger partial charge is 0.257 e. The highest BCUT2D eigenvalue weighted by molar-refractivity contribution is 5.94. The minimum atomic E-state index is -1.64. The van der Waals surface area contributed by atoms with Crippen molar-refractivity contribution in [1.82, 2.24) is 20.1 Å². The summed E-state index contributed by atoms with van der Waals surface area (Å²) in [7, 11) is 0. The van der Waals surface area contributed by atoms with Gasteiger partial charge in [-0.3, -0.25) is 9.89 Å². The minimum absolute atomic E-state index is 0.378. The van der Waals surface area contributed by atoms with Crippen molar-refractivity contribution in [3.63, 3.8) is 0 Å². The summed E-state index contributed by atoms with van der Waals surface area (Å²) in [4.78, 5) is 18.0. The van der Waals surface area contributed by atoms with Crippen molar-refractivity contribution < 1.29 is 18.0 Å². The molecule has 1 fully saturated rings. The van der Waals surface area contributed by atoms with Crippen LogP contribution < -0.4 is 0 Å². The SMILES string of the molecule is O=C(c1ccc(F)c(F)c1F)N1CCCC[C@@H]1c1ncn[nH]1. The maximum atomic E-state index is 13.8. The summed E-state index contributed by atoms with van der Waals surface area (Å²) < 4.78 is 40.2. The Kier molecular flexibility index (Phi) is 3.82. The van der Waals surface area contributed by atoms with Crippen LogP contribution in [0.15, 0.2) is 18.5 Å². The molecule has 2 aromatic rings. The molecule has 0 radical (unpaired) electrons. The maximum absolute atomic E-state index is 13.8. The molecule has 3 rings (SSSR count). The molecule has 1 aromatic heterocycles. The molecule has 8 heteroatoms. The van der Waals surface area contributed by atoms with Crippen LogP contribution in [-0.4, -0.2) is 32.5 Å². The normalized spacial score (nSPS) is 18.5. The Morgan fingerprint density at radius 1 is 1.23 bits per heavy atom. The summed E-state index contributed by atoms with van der Waals surface area (Å²) in [6.45, 7) is 0.392. The van der Waals surface area contributed by atoms with Gasteiger partial charge in [0.1, 0.15) is 12.2 Å². The second kappa shape index (κ2) is 5.78. The van der Waals surface area contributed by atoms with E-state index in [1.54, 1.807) is 0 Å². The molecule has 1 saturated heterocycles. The second-order valence-corrected chi connectivity index (χ2v) is 5.10. The summed E-state index contributed by atoms with van der Waals surface area (Å²) in [6, 6.07) is 1.33. The number of carbonyl (C=O) groups excluding carboxylic acids is 1. The Labute approximate surface area is 124 Å². The second-order valence-electron chi connectivity index (χ2n) is 5.10. The Bertz CT molecular complexity index is 690. The van der Waals surface area contributed by atoms with Gasteiger partial charge >= 0.3 is 0 Å². The molecule has 0 spiro atoms. The predicted molar refractivity (Wildman–Crippen MR) is 70.3 cm³/mol. The summed E-state index contributed by atoms with van der Waals surface area (Å²) in [5.41, 5.74) is -0.481. The van der Waals surface area contributed by atoms with Gasteiger partial charge in [-0.05, 0) is 31.4 Å². The predicted octanol–water partition coefficient (Wildman–Crippen LogP) is 2.59. The first-order valence-electron chi connectivity index (χ1n) is 6.89. The standard InChI is InChI=1S/C14H13F3N4O/c15-9-5-4-8(11(16)12(9)17)14(22)21-6-2-1-3-10(21)13-18-7-19-20-13/h4-5,7,10H,1-3,6H2,(H,18,19,20)/t10-/m1/s1. The van der Waals surface area contributed by atoms with Crippen LogP contribution in [0.4, 0.5) is 13.2 Å². The Morgan fingerprint density at radius 3 is 2.77 bits per heavy atom. The number of piperidine rings is 1. The third-order valence-electron chi connectivity index (χ3n) is 3.78. The number of nitrogens with one attached hydrogen (secondary N) is 1. The van der Waals surface area contributed by atoms with Crippen LogP contribution in [0.3, 0.4) is 0 Å². The molecule has 22 heavy (non-hydrogen) atoms. The van der Waals surface area contributed by atoms with Crippen LogP contribution in [-0.2, 0) is 0 Å². The number of halogens is 3. The van der Waals surface area contributed by atoms with Gasteiger partial charge in [-0.15, -0.1) is 0 Å². The first-order chi connectivity index (χ1) is 10.6. The van der Waals surface area contributed by atoms with E-state index in [-0.39, 0.29) is 6.04 Å². The molecule has 1 atom stereocenters. The molecule has 0 aliphatic carbocycles. The van der Waals surface area contributed by atoms with Crippen molar-refractivity contribution in [2.45, 2.75) is 25.3 Å². The van der Waals surface area contributed by atoms with Gasteiger partial charge in [0.2, 0.25) is 0 Å². The molecule has 1 amide bonds. The maximum Gasteiger partial charge on any atom is 0.257 e. The lowest BCUT2D eigenvalue weighted by atomic mass is 10.00. The summed E-state index contributed by atoms with van der Waals surface area (Å²) in [6.07, 6.45) is 3.61. The van der Waals surface area contributed by atoms with Crippen LogP contribution in [0.2, 0.25) is 0 Å². The topological polar surface area (TPSA) is 61.9 Å². The van der Waals surface area contributed by atoms with E-state index in [9.17, 15) is 18.0 Å². The van der Waals surface area contributed by atoms with Crippen LogP contribution in [0.1, 0.15) is 41.5 Å². The highest BCUT2D eigenvalue weighted by Gasteiger charge is 2.32. The summed E-state index contributed by atoms with van der Waals surface area (Å²) in [5, 5.41) is 6.44. The largest absolute Gasteiger partial charge is 0.328 e. The van der Waals surface area contributed by atoms with Crippen LogP contribution in [0, 0.1) is 17.5 Å². The van der Waals surface area contributed by atoms with E-state index < -0.39 is 28.9 Å². The third kappa shape index (κ3) is 2.44. The molecular weight excluding hydrogens is 297 g/mol. The highest BCUT2D eigenvalue weighted by Crippen LogP contribution is 2.30. The lowest BCUT2D eigenvalue weighted by Gasteiger charge is -2.34. The molecule has 1 aliphatic heterocycles. The Morgan fingerprint density at radius 2 is 2.05 bits per heavy atom. The fourth-order valence-corrected chi connectivity index (χ4v) is 2.68. The van der Waals surface area contributed by atoms with Gasteiger partial charge in [-0.1, -0.05) is 0 Å². The van der Waals surface area contributed by atoms with Crippen molar-refractivity contribution in [1.29, 1.82) is 0 Å². The zero-order chi connectivity index (χ0) is 15.7. The van der Waals surface area contributed by atoms with Crippen molar-refractivity contribution in [3.05, 3.63) is 47.3 Å². The number of rotatable bonds is 2. The van der Waals surface area contributed by atoms with Crippen molar-refractivity contribution >= 4 is 5.91 Å². The lowest BCUT2D eigenvalue weighted by molar-refractivity contribution is 0.0594. The number of H-pyrrole nitrogens is 1. The van der Waals surface area contributed by atoms with Gasteiger partial charge in [0.25, 0.3) is 5.91 Å². The highest BCUT2D eigenvalue weighted by atomic mass is 19.2. The van der Waals surface area contributed by atoms with Crippen LogP contribution in [0.25, 0.3) is 0 Å². The first kappa shape index (κ1) is 14.6. The zero-order valence-electron chi connectivity index (χ0n) is 11.5. The van der Waals surface area contributed by atoms with Gasteiger partial charge < -0.3 is 4.90 Å². The van der Waals surface area contributed by atoms with Gasteiger partial charge in [0, 0.05) is 6.54 Å². The Hall–Kier alpha value is -2.38. The fourth-order valence-electron chi connectivity index (χ4n) is 2.68. The van der Waals surface area contributed by atoms with E-state index in [1.807, 2.05) is 0 Å². The molecule has 116 valence electrons. The van der Waals surface area contributed by atoms with E-state index in [4.69, 9.17) is 0 Å².